The molecule has 1 heterocycles. The Bertz CT molecular complexity index is 396. The lowest BCUT2D eigenvalue weighted by atomic mass is 9.99. The number of hydrogen-bond acceptors (Lipinski definition) is 2. The maximum atomic E-state index is 13.9. The summed E-state index contributed by atoms with van der Waals surface area (Å²) in [6.45, 7) is 6.66. The molecule has 1 aromatic carbocycles. The second kappa shape index (κ2) is 6.44. The third-order valence-corrected chi connectivity index (χ3v) is 4.02. The van der Waals surface area contributed by atoms with Crippen molar-refractivity contribution in [1.82, 2.24) is 10.2 Å². The molecule has 4 heteroatoms. The summed E-state index contributed by atoms with van der Waals surface area (Å²) in [5.74, 6) is -0.899. The second-order valence-electron chi connectivity index (χ2n) is 5.14. The van der Waals surface area contributed by atoms with Crippen molar-refractivity contribution in [3.05, 3.63) is 35.4 Å². The van der Waals surface area contributed by atoms with Crippen LogP contribution in [-0.4, -0.2) is 30.6 Å². The van der Waals surface area contributed by atoms with Gasteiger partial charge in [-0.05, 0) is 45.0 Å². The fourth-order valence-electron chi connectivity index (χ4n) is 3.04. The number of likely N-dealkylation sites (N-methyl/N-ethyl adjacent to an activating group) is 1. The van der Waals surface area contributed by atoms with Gasteiger partial charge in [-0.3, -0.25) is 4.90 Å². The summed E-state index contributed by atoms with van der Waals surface area (Å²) < 4.78 is 27.8. The Morgan fingerprint density at radius 3 is 2.58 bits per heavy atom. The van der Waals surface area contributed by atoms with Gasteiger partial charge in [0.2, 0.25) is 0 Å². The van der Waals surface area contributed by atoms with E-state index in [0.717, 1.165) is 32.5 Å². The lowest BCUT2D eigenvalue weighted by molar-refractivity contribution is 0.123. The SMILES string of the molecule is CCN(C1CCCNC1)C(C)c1c(F)cccc1F. The van der Waals surface area contributed by atoms with Gasteiger partial charge in [0.05, 0.1) is 0 Å². The van der Waals surface area contributed by atoms with Crippen LogP contribution >= 0.6 is 0 Å². The highest BCUT2D eigenvalue weighted by atomic mass is 19.1. The largest absolute Gasteiger partial charge is 0.315 e. The zero-order valence-corrected chi connectivity index (χ0v) is 11.6. The maximum absolute atomic E-state index is 13.9. The Labute approximate surface area is 113 Å². The van der Waals surface area contributed by atoms with Crippen LogP contribution in [0.1, 0.15) is 38.3 Å². The first-order valence-electron chi connectivity index (χ1n) is 7.05. The molecule has 0 bridgehead atoms. The molecule has 0 spiro atoms. The van der Waals surface area contributed by atoms with E-state index in [-0.39, 0.29) is 11.6 Å². The van der Waals surface area contributed by atoms with Crippen LogP contribution in [0.25, 0.3) is 0 Å². The van der Waals surface area contributed by atoms with Gasteiger partial charge in [0, 0.05) is 24.2 Å². The fourth-order valence-corrected chi connectivity index (χ4v) is 3.04. The van der Waals surface area contributed by atoms with Crippen molar-refractivity contribution in [2.45, 2.75) is 38.8 Å². The lowest BCUT2D eigenvalue weighted by Crippen LogP contribution is -2.47. The third-order valence-electron chi connectivity index (χ3n) is 4.02. The number of rotatable bonds is 4. The molecule has 0 saturated carbocycles. The highest BCUT2D eigenvalue weighted by molar-refractivity contribution is 5.23. The molecule has 0 aromatic heterocycles. The number of hydrogen-bond donors (Lipinski definition) is 1. The van der Waals surface area contributed by atoms with Crippen molar-refractivity contribution >= 4 is 0 Å². The molecule has 1 aromatic rings. The molecule has 0 aliphatic carbocycles. The van der Waals surface area contributed by atoms with Crippen LogP contribution in [0.5, 0.6) is 0 Å². The van der Waals surface area contributed by atoms with E-state index in [1.807, 2.05) is 13.8 Å². The predicted octanol–water partition coefficient (Wildman–Crippen LogP) is 3.10. The van der Waals surface area contributed by atoms with E-state index in [1.54, 1.807) is 0 Å². The van der Waals surface area contributed by atoms with Crippen LogP contribution < -0.4 is 5.32 Å². The van der Waals surface area contributed by atoms with Crippen LogP contribution in [0, 0.1) is 11.6 Å². The summed E-state index contributed by atoms with van der Waals surface area (Å²) >= 11 is 0. The van der Waals surface area contributed by atoms with Gasteiger partial charge in [-0.25, -0.2) is 8.78 Å². The van der Waals surface area contributed by atoms with Crippen LogP contribution in [0.2, 0.25) is 0 Å². The molecule has 2 rings (SSSR count). The number of piperidine rings is 1. The van der Waals surface area contributed by atoms with Crippen molar-refractivity contribution in [2.24, 2.45) is 0 Å². The van der Waals surface area contributed by atoms with Crippen molar-refractivity contribution < 1.29 is 8.78 Å². The first-order chi connectivity index (χ1) is 9.15. The van der Waals surface area contributed by atoms with E-state index in [4.69, 9.17) is 0 Å². The summed E-state index contributed by atoms with van der Waals surface area (Å²) in [6.07, 6.45) is 2.20. The van der Waals surface area contributed by atoms with Gasteiger partial charge in [-0.1, -0.05) is 13.0 Å². The summed E-state index contributed by atoms with van der Waals surface area (Å²) in [6, 6.07) is 4.20. The standard InChI is InChI=1S/C15H22F2N2/c1-3-19(12-6-5-9-18-10-12)11(2)15-13(16)7-4-8-14(15)17/h4,7-8,11-12,18H,3,5-6,9-10H2,1-2H3. The number of nitrogens with one attached hydrogen (secondary N) is 1. The van der Waals surface area contributed by atoms with Crippen LogP contribution in [0.15, 0.2) is 18.2 Å². The van der Waals surface area contributed by atoms with Crippen molar-refractivity contribution in [3.8, 4) is 0 Å². The van der Waals surface area contributed by atoms with Gasteiger partial charge in [0.1, 0.15) is 11.6 Å². The molecule has 1 aliphatic heterocycles. The molecule has 0 amide bonds. The molecule has 1 fully saturated rings. The van der Waals surface area contributed by atoms with E-state index in [0.29, 0.717) is 6.04 Å². The molecule has 1 aliphatic rings. The van der Waals surface area contributed by atoms with E-state index in [2.05, 4.69) is 10.2 Å². The fraction of sp³-hybridized carbons (Fsp3) is 0.600. The highest BCUT2D eigenvalue weighted by Gasteiger charge is 2.27. The van der Waals surface area contributed by atoms with Crippen LogP contribution in [0.3, 0.4) is 0 Å². The molecular weight excluding hydrogens is 246 g/mol. The second-order valence-corrected chi connectivity index (χ2v) is 5.14. The van der Waals surface area contributed by atoms with Crippen molar-refractivity contribution in [3.63, 3.8) is 0 Å². The third kappa shape index (κ3) is 3.12. The van der Waals surface area contributed by atoms with Gasteiger partial charge < -0.3 is 5.32 Å². The average Bonchev–Trinajstić information content (AvgIpc) is 2.40. The normalized spacial score (nSPS) is 21.6. The van der Waals surface area contributed by atoms with Crippen molar-refractivity contribution in [1.29, 1.82) is 0 Å². The Morgan fingerprint density at radius 1 is 1.37 bits per heavy atom. The summed E-state index contributed by atoms with van der Waals surface area (Å²) in [5, 5.41) is 3.36. The molecule has 106 valence electrons. The summed E-state index contributed by atoms with van der Waals surface area (Å²) in [5.41, 5.74) is 0.190. The highest BCUT2D eigenvalue weighted by Crippen LogP contribution is 2.28. The van der Waals surface area contributed by atoms with E-state index < -0.39 is 11.6 Å². The number of nitrogens with zero attached hydrogens (tertiary/aromatic N) is 1. The van der Waals surface area contributed by atoms with Gasteiger partial charge in [-0.15, -0.1) is 0 Å². The number of benzene rings is 1. The smallest absolute Gasteiger partial charge is 0.130 e. The zero-order valence-electron chi connectivity index (χ0n) is 11.6. The minimum absolute atomic E-state index is 0.190. The molecule has 1 saturated heterocycles. The first-order valence-corrected chi connectivity index (χ1v) is 7.05. The predicted molar refractivity (Wildman–Crippen MR) is 73.0 cm³/mol. The Balaban J connectivity index is 2.22. The zero-order chi connectivity index (χ0) is 13.8. The monoisotopic (exact) mass is 268 g/mol. The van der Waals surface area contributed by atoms with Crippen molar-refractivity contribution in [2.75, 3.05) is 19.6 Å². The van der Waals surface area contributed by atoms with Gasteiger partial charge in [-0.2, -0.15) is 0 Å². The molecule has 0 radical (unpaired) electrons. The molecule has 19 heavy (non-hydrogen) atoms. The van der Waals surface area contributed by atoms with E-state index in [1.165, 1.54) is 18.2 Å². The molecule has 2 atom stereocenters. The molecule has 2 nitrogen and oxygen atoms in total. The Kier molecular flexibility index (Phi) is 4.88. The molecule has 1 N–H and O–H groups in total. The Hall–Kier alpha value is -1.00. The maximum Gasteiger partial charge on any atom is 0.130 e. The molecular formula is C15H22F2N2. The van der Waals surface area contributed by atoms with Gasteiger partial charge >= 0.3 is 0 Å². The topological polar surface area (TPSA) is 15.3 Å². The van der Waals surface area contributed by atoms with Gasteiger partial charge in [0.25, 0.3) is 0 Å². The minimum atomic E-state index is -0.449. The Morgan fingerprint density at radius 2 is 2.05 bits per heavy atom. The van der Waals surface area contributed by atoms with E-state index in [9.17, 15) is 8.78 Å². The average molecular weight is 268 g/mol. The summed E-state index contributed by atoms with van der Waals surface area (Å²) in [4.78, 5) is 2.19. The minimum Gasteiger partial charge on any atom is -0.315 e. The van der Waals surface area contributed by atoms with Crippen LogP contribution in [0.4, 0.5) is 8.78 Å². The number of halogens is 2. The summed E-state index contributed by atoms with van der Waals surface area (Å²) in [7, 11) is 0. The van der Waals surface area contributed by atoms with Crippen LogP contribution in [-0.2, 0) is 0 Å². The van der Waals surface area contributed by atoms with Gasteiger partial charge in [0.15, 0.2) is 0 Å². The molecule has 2 unspecified atom stereocenters. The quantitative estimate of drug-likeness (QED) is 0.902. The van der Waals surface area contributed by atoms with E-state index >= 15 is 0 Å². The first kappa shape index (κ1) is 14.4. The lowest BCUT2D eigenvalue weighted by Gasteiger charge is -2.38.